The van der Waals surface area contributed by atoms with E-state index < -0.39 is 12.5 Å². The van der Waals surface area contributed by atoms with Crippen molar-refractivity contribution in [1.82, 2.24) is 0 Å². The molecule has 22 heavy (non-hydrogen) atoms. The van der Waals surface area contributed by atoms with Crippen LogP contribution in [0.4, 0.5) is 14.5 Å². The first kappa shape index (κ1) is 16.2. The number of nitrogens with one attached hydrogen (secondary N) is 1. The van der Waals surface area contributed by atoms with Gasteiger partial charge in [-0.25, -0.2) is 0 Å². The topological polar surface area (TPSA) is 64.4 Å². The van der Waals surface area contributed by atoms with Crippen molar-refractivity contribution in [2.45, 2.75) is 13.2 Å². The third kappa shape index (κ3) is 4.17. The number of ether oxygens (including phenoxy) is 1. The summed E-state index contributed by atoms with van der Waals surface area (Å²) in [5.74, 6) is -0.493. The Labute approximate surface area is 134 Å². The zero-order valence-electron chi connectivity index (χ0n) is 11.4. The van der Waals surface area contributed by atoms with Crippen LogP contribution in [-0.2, 0) is 6.54 Å². The lowest BCUT2D eigenvalue weighted by Crippen LogP contribution is -2.14. The third-order valence-electron chi connectivity index (χ3n) is 2.91. The van der Waals surface area contributed by atoms with E-state index in [-0.39, 0.29) is 12.3 Å². The Hall–Kier alpha value is -2.15. The van der Waals surface area contributed by atoms with Gasteiger partial charge in [-0.1, -0.05) is 34.1 Å². The van der Waals surface area contributed by atoms with Crippen LogP contribution in [-0.4, -0.2) is 12.5 Å². The number of hydrogen-bond acceptors (Lipinski definition) is 3. The van der Waals surface area contributed by atoms with Gasteiger partial charge in [0.2, 0.25) is 0 Å². The van der Waals surface area contributed by atoms with Gasteiger partial charge in [0.05, 0.1) is 5.56 Å². The summed E-state index contributed by atoms with van der Waals surface area (Å²) >= 11 is 3.30. The molecule has 7 heteroatoms. The molecule has 0 aromatic heterocycles. The van der Waals surface area contributed by atoms with Gasteiger partial charge in [-0.3, -0.25) is 4.79 Å². The van der Waals surface area contributed by atoms with E-state index in [4.69, 9.17) is 5.73 Å². The van der Waals surface area contributed by atoms with Gasteiger partial charge in [-0.15, -0.1) is 0 Å². The molecule has 0 atom stereocenters. The molecule has 0 aliphatic carbocycles. The van der Waals surface area contributed by atoms with E-state index in [1.54, 1.807) is 36.4 Å². The lowest BCUT2D eigenvalue weighted by atomic mass is 10.1. The Bertz CT molecular complexity index is 680. The standard InChI is InChI=1S/C15H13BrF2N2O2/c16-10-5-6-11(14(19)21)12(7-10)20-8-9-3-1-2-4-13(9)22-15(17)18/h1-7,15,20H,8H2,(H2,19,21). The highest BCUT2D eigenvalue weighted by molar-refractivity contribution is 9.10. The molecule has 0 saturated carbocycles. The van der Waals surface area contributed by atoms with Crippen LogP contribution in [0.5, 0.6) is 5.75 Å². The normalized spacial score (nSPS) is 10.5. The first-order valence-electron chi connectivity index (χ1n) is 6.33. The average Bonchev–Trinajstić information content (AvgIpc) is 2.45. The lowest BCUT2D eigenvalue weighted by Gasteiger charge is -2.14. The van der Waals surface area contributed by atoms with Crippen molar-refractivity contribution >= 4 is 27.5 Å². The number of rotatable bonds is 6. The molecule has 0 heterocycles. The van der Waals surface area contributed by atoms with E-state index >= 15 is 0 Å². The average molecular weight is 371 g/mol. The minimum absolute atomic E-state index is 0.0839. The van der Waals surface area contributed by atoms with Crippen LogP contribution >= 0.6 is 15.9 Å². The molecule has 0 saturated heterocycles. The molecule has 0 bridgehead atoms. The highest BCUT2D eigenvalue weighted by atomic mass is 79.9. The fraction of sp³-hybridized carbons (Fsp3) is 0.133. The number of carbonyl (C=O) groups is 1. The second-order valence-corrected chi connectivity index (χ2v) is 5.31. The number of hydrogen-bond donors (Lipinski definition) is 2. The van der Waals surface area contributed by atoms with Gasteiger partial charge in [-0.05, 0) is 24.3 Å². The maximum atomic E-state index is 12.4. The summed E-state index contributed by atoms with van der Waals surface area (Å²) in [6.07, 6.45) is 0. The van der Waals surface area contributed by atoms with E-state index in [0.717, 1.165) is 4.47 Å². The summed E-state index contributed by atoms with van der Waals surface area (Å²) in [6, 6.07) is 11.4. The number of anilines is 1. The lowest BCUT2D eigenvalue weighted by molar-refractivity contribution is -0.0504. The van der Waals surface area contributed by atoms with E-state index in [2.05, 4.69) is 26.0 Å². The minimum Gasteiger partial charge on any atom is -0.434 e. The van der Waals surface area contributed by atoms with Crippen LogP contribution in [0, 0.1) is 0 Å². The van der Waals surface area contributed by atoms with Gasteiger partial charge in [0.25, 0.3) is 5.91 Å². The Morgan fingerprint density at radius 3 is 2.68 bits per heavy atom. The smallest absolute Gasteiger partial charge is 0.387 e. The molecule has 0 aliphatic heterocycles. The van der Waals surface area contributed by atoms with Crippen LogP contribution in [0.2, 0.25) is 0 Å². The zero-order chi connectivity index (χ0) is 16.1. The van der Waals surface area contributed by atoms with Crippen LogP contribution in [0.3, 0.4) is 0 Å². The van der Waals surface area contributed by atoms with E-state index in [9.17, 15) is 13.6 Å². The summed E-state index contributed by atoms with van der Waals surface area (Å²) < 4.78 is 30.0. The predicted molar refractivity (Wildman–Crippen MR) is 83.1 cm³/mol. The number of alkyl halides is 2. The maximum absolute atomic E-state index is 12.4. The second kappa shape index (κ2) is 7.22. The van der Waals surface area contributed by atoms with Crippen LogP contribution in [0.25, 0.3) is 0 Å². The number of carbonyl (C=O) groups excluding carboxylic acids is 1. The summed E-state index contributed by atoms with van der Waals surface area (Å²) in [7, 11) is 0. The van der Waals surface area contributed by atoms with Gasteiger partial charge >= 0.3 is 6.61 Å². The molecule has 3 N–H and O–H groups in total. The predicted octanol–water partition coefficient (Wildman–Crippen LogP) is 3.76. The maximum Gasteiger partial charge on any atom is 0.387 e. The number of halogens is 3. The molecule has 1 amide bonds. The molecule has 4 nitrogen and oxygen atoms in total. The van der Waals surface area contributed by atoms with Crippen molar-refractivity contribution < 1.29 is 18.3 Å². The van der Waals surface area contributed by atoms with E-state index in [0.29, 0.717) is 16.8 Å². The fourth-order valence-electron chi connectivity index (χ4n) is 1.93. The van der Waals surface area contributed by atoms with E-state index in [1.807, 2.05) is 0 Å². The molecule has 0 unspecified atom stereocenters. The first-order chi connectivity index (χ1) is 10.5. The monoisotopic (exact) mass is 370 g/mol. The van der Waals surface area contributed by atoms with Crippen LogP contribution in [0.1, 0.15) is 15.9 Å². The van der Waals surface area contributed by atoms with Crippen LogP contribution < -0.4 is 15.8 Å². The van der Waals surface area contributed by atoms with E-state index in [1.165, 1.54) is 6.07 Å². The van der Waals surface area contributed by atoms with Crippen molar-refractivity contribution in [2.75, 3.05) is 5.32 Å². The minimum atomic E-state index is -2.90. The Balaban J connectivity index is 2.20. The number of para-hydroxylation sites is 1. The van der Waals surface area contributed by atoms with Crippen molar-refractivity contribution in [1.29, 1.82) is 0 Å². The van der Waals surface area contributed by atoms with Gasteiger partial charge in [0.1, 0.15) is 5.75 Å². The molecular formula is C15H13BrF2N2O2. The second-order valence-electron chi connectivity index (χ2n) is 4.39. The molecule has 2 aromatic rings. The van der Waals surface area contributed by atoms with Crippen molar-refractivity contribution in [3.63, 3.8) is 0 Å². The molecule has 116 valence electrons. The summed E-state index contributed by atoms with van der Waals surface area (Å²) in [4.78, 5) is 11.4. The number of nitrogens with two attached hydrogens (primary N) is 1. The van der Waals surface area contributed by atoms with Crippen LogP contribution in [0.15, 0.2) is 46.9 Å². The number of amides is 1. The molecule has 2 rings (SSSR count). The molecule has 0 spiro atoms. The van der Waals surface area contributed by atoms with Gasteiger partial charge in [0, 0.05) is 22.3 Å². The fourth-order valence-corrected chi connectivity index (χ4v) is 2.29. The molecule has 0 radical (unpaired) electrons. The van der Waals surface area contributed by atoms with Crippen molar-refractivity contribution in [3.05, 3.63) is 58.1 Å². The Morgan fingerprint density at radius 2 is 2.00 bits per heavy atom. The largest absolute Gasteiger partial charge is 0.434 e. The van der Waals surface area contributed by atoms with Gasteiger partial charge in [-0.2, -0.15) is 8.78 Å². The molecular weight excluding hydrogens is 358 g/mol. The van der Waals surface area contributed by atoms with Crippen molar-refractivity contribution in [3.8, 4) is 5.75 Å². The summed E-state index contributed by atoms with van der Waals surface area (Å²) in [6.45, 7) is -2.69. The SMILES string of the molecule is NC(=O)c1ccc(Br)cc1NCc1ccccc1OC(F)F. The highest BCUT2D eigenvalue weighted by Crippen LogP contribution is 2.25. The quantitative estimate of drug-likeness (QED) is 0.813. The highest BCUT2D eigenvalue weighted by Gasteiger charge is 2.11. The summed E-state index contributed by atoms with van der Waals surface area (Å²) in [5, 5.41) is 3.01. The molecule has 0 aliphatic rings. The Morgan fingerprint density at radius 1 is 1.27 bits per heavy atom. The summed E-state index contributed by atoms with van der Waals surface area (Å²) in [5.41, 5.74) is 6.67. The zero-order valence-corrected chi connectivity index (χ0v) is 12.9. The number of benzene rings is 2. The third-order valence-corrected chi connectivity index (χ3v) is 3.40. The number of primary amides is 1. The molecule has 0 fully saturated rings. The van der Waals surface area contributed by atoms with Gasteiger partial charge < -0.3 is 15.8 Å². The molecule has 2 aromatic carbocycles. The van der Waals surface area contributed by atoms with Crippen molar-refractivity contribution in [2.24, 2.45) is 5.73 Å². The van der Waals surface area contributed by atoms with Gasteiger partial charge in [0.15, 0.2) is 0 Å². The first-order valence-corrected chi connectivity index (χ1v) is 7.12. The Kier molecular flexibility index (Phi) is 5.32.